The standard InChI is InChI=1S/C26H30N6O4/c1-17-14-19(18-2-3-18)16-28-23(17)29-8-10-30(11-9-29)24(33)21-5-4-20(31-12-13-36-26(31)35)15-22(21)32-7-6-27-25(32)34/h4-5,14-16,18H,2-3,6-13H2,1H3,(H,27,34). The van der Waals surface area contributed by atoms with Crippen LogP contribution in [0.5, 0.6) is 0 Å². The number of piperazine rings is 1. The van der Waals surface area contributed by atoms with Crippen LogP contribution >= 0.6 is 0 Å². The van der Waals surface area contributed by atoms with Gasteiger partial charge in [-0.25, -0.2) is 14.6 Å². The monoisotopic (exact) mass is 490 g/mol. The summed E-state index contributed by atoms with van der Waals surface area (Å²) in [5, 5.41) is 2.80. The fourth-order valence-corrected chi connectivity index (χ4v) is 5.27. The average molecular weight is 491 g/mol. The normalized spacial score (nSPS) is 20.1. The second kappa shape index (κ2) is 9.00. The number of nitrogens with one attached hydrogen (secondary N) is 1. The molecule has 4 heterocycles. The SMILES string of the molecule is Cc1cc(C2CC2)cnc1N1CCN(C(=O)c2ccc(N3CCOC3=O)cc2N2CCNC2=O)CC1. The van der Waals surface area contributed by atoms with Gasteiger partial charge in [-0.15, -0.1) is 0 Å². The zero-order valence-corrected chi connectivity index (χ0v) is 20.4. The summed E-state index contributed by atoms with van der Waals surface area (Å²) in [5.41, 5.74) is 4.10. The second-order valence-electron chi connectivity index (χ2n) is 9.81. The number of rotatable bonds is 5. The van der Waals surface area contributed by atoms with Crippen molar-refractivity contribution in [2.75, 3.05) is 67.1 Å². The van der Waals surface area contributed by atoms with E-state index < -0.39 is 6.09 Å². The number of aryl methyl sites for hydroxylation is 1. The van der Waals surface area contributed by atoms with E-state index in [2.05, 4.69) is 23.2 Å². The van der Waals surface area contributed by atoms with E-state index in [0.29, 0.717) is 75.3 Å². The van der Waals surface area contributed by atoms with E-state index >= 15 is 0 Å². The minimum atomic E-state index is -0.420. The summed E-state index contributed by atoms with van der Waals surface area (Å²) in [7, 11) is 0. The second-order valence-corrected chi connectivity index (χ2v) is 9.81. The third-order valence-corrected chi connectivity index (χ3v) is 7.42. The lowest BCUT2D eigenvalue weighted by Gasteiger charge is -2.36. The Morgan fingerprint density at radius 2 is 1.83 bits per heavy atom. The number of cyclic esters (lactones) is 1. The maximum atomic E-state index is 13.6. The third kappa shape index (κ3) is 4.10. The number of carbonyl (C=O) groups is 3. The molecule has 36 heavy (non-hydrogen) atoms. The number of aromatic nitrogens is 1. The molecule has 0 atom stereocenters. The molecule has 1 saturated carbocycles. The molecule has 1 aromatic heterocycles. The van der Waals surface area contributed by atoms with Crippen LogP contribution in [0.2, 0.25) is 0 Å². The first-order chi connectivity index (χ1) is 17.5. The van der Waals surface area contributed by atoms with E-state index in [0.717, 1.165) is 5.82 Å². The van der Waals surface area contributed by atoms with E-state index in [-0.39, 0.29) is 11.9 Å². The first kappa shape index (κ1) is 22.6. The lowest BCUT2D eigenvalue weighted by molar-refractivity contribution is 0.0747. The number of urea groups is 1. The van der Waals surface area contributed by atoms with E-state index in [1.165, 1.54) is 28.9 Å². The van der Waals surface area contributed by atoms with Crippen LogP contribution in [0.3, 0.4) is 0 Å². The third-order valence-electron chi connectivity index (χ3n) is 7.42. The fraction of sp³-hybridized carbons (Fsp3) is 0.462. The van der Waals surface area contributed by atoms with Gasteiger partial charge in [-0.3, -0.25) is 14.6 Å². The molecule has 1 aromatic carbocycles. The molecule has 4 amide bonds. The van der Waals surface area contributed by atoms with Gasteiger partial charge in [0.1, 0.15) is 12.4 Å². The van der Waals surface area contributed by atoms with Gasteiger partial charge in [-0.05, 0) is 55.0 Å². The Labute approximate surface area is 209 Å². The number of ether oxygens (including phenoxy) is 1. The van der Waals surface area contributed by atoms with Crippen molar-refractivity contribution in [2.45, 2.75) is 25.7 Å². The molecule has 1 N–H and O–H groups in total. The topological polar surface area (TPSA) is 98.3 Å². The highest BCUT2D eigenvalue weighted by atomic mass is 16.6. The molecule has 1 aliphatic carbocycles. The van der Waals surface area contributed by atoms with Crippen LogP contribution < -0.4 is 20.0 Å². The largest absolute Gasteiger partial charge is 0.447 e. The van der Waals surface area contributed by atoms with Crippen LogP contribution in [-0.2, 0) is 4.74 Å². The molecule has 10 heteroatoms. The number of benzene rings is 1. The minimum absolute atomic E-state index is 0.117. The zero-order chi connectivity index (χ0) is 24.8. The van der Waals surface area contributed by atoms with Gasteiger partial charge in [0.05, 0.1) is 17.8 Å². The van der Waals surface area contributed by atoms with Crippen molar-refractivity contribution in [3.8, 4) is 0 Å². The van der Waals surface area contributed by atoms with Gasteiger partial charge in [0.15, 0.2) is 0 Å². The highest BCUT2D eigenvalue weighted by molar-refractivity contribution is 6.06. The van der Waals surface area contributed by atoms with Crippen LogP contribution in [0.15, 0.2) is 30.5 Å². The molecule has 4 aliphatic rings. The first-order valence-electron chi connectivity index (χ1n) is 12.6. The summed E-state index contributed by atoms with van der Waals surface area (Å²) in [6.07, 6.45) is 4.09. The molecular formula is C26H30N6O4. The van der Waals surface area contributed by atoms with Gasteiger partial charge in [0, 0.05) is 51.2 Å². The summed E-state index contributed by atoms with van der Waals surface area (Å²) in [6.45, 7) is 6.35. The number of anilines is 3. The summed E-state index contributed by atoms with van der Waals surface area (Å²) in [4.78, 5) is 50.2. The van der Waals surface area contributed by atoms with Gasteiger partial charge in [0.25, 0.3) is 5.91 Å². The number of hydrogen-bond donors (Lipinski definition) is 1. The van der Waals surface area contributed by atoms with Crippen molar-refractivity contribution in [2.24, 2.45) is 0 Å². The van der Waals surface area contributed by atoms with Crippen molar-refractivity contribution >= 4 is 35.2 Å². The maximum Gasteiger partial charge on any atom is 0.414 e. The summed E-state index contributed by atoms with van der Waals surface area (Å²) in [6, 6.07) is 7.23. The molecular weight excluding hydrogens is 460 g/mol. The van der Waals surface area contributed by atoms with Crippen LogP contribution in [0.25, 0.3) is 0 Å². The Morgan fingerprint density at radius 3 is 2.47 bits per heavy atom. The van der Waals surface area contributed by atoms with E-state index in [1.54, 1.807) is 23.1 Å². The molecule has 4 fully saturated rings. The molecule has 0 spiro atoms. The van der Waals surface area contributed by atoms with Gasteiger partial charge in [0.2, 0.25) is 0 Å². The molecule has 6 rings (SSSR count). The van der Waals surface area contributed by atoms with E-state index in [4.69, 9.17) is 9.72 Å². The Bertz CT molecular complexity index is 1220. The van der Waals surface area contributed by atoms with Crippen molar-refractivity contribution in [1.82, 2.24) is 15.2 Å². The molecule has 3 saturated heterocycles. The zero-order valence-electron chi connectivity index (χ0n) is 20.4. The number of carbonyl (C=O) groups excluding carboxylic acids is 3. The lowest BCUT2D eigenvalue weighted by Crippen LogP contribution is -2.49. The van der Waals surface area contributed by atoms with E-state index in [9.17, 15) is 14.4 Å². The number of amides is 4. The van der Waals surface area contributed by atoms with E-state index in [1.807, 2.05) is 11.1 Å². The van der Waals surface area contributed by atoms with Crippen molar-refractivity contribution in [3.05, 3.63) is 47.2 Å². The smallest absolute Gasteiger partial charge is 0.414 e. The van der Waals surface area contributed by atoms with Gasteiger partial charge in [-0.1, -0.05) is 6.07 Å². The predicted octanol–water partition coefficient (Wildman–Crippen LogP) is 2.72. The number of pyridine rings is 1. The highest BCUT2D eigenvalue weighted by Crippen LogP contribution is 2.40. The van der Waals surface area contributed by atoms with Crippen LogP contribution in [0.4, 0.5) is 26.8 Å². The van der Waals surface area contributed by atoms with Crippen LogP contribution in [0, 0.1) is 6.92 Å². The maximum absolute atomic E-state index is 13.6. The van der Waals surface area contributed by atoms with Gasteiger partial charge < -0.3 is 19.9 Å². The predicted molar refractivity (Wildman–Crippen MR) is 135 cm³/mol. The number of hydrogen-bond acceptors (Lipinski definition) is 6. The van der Waals surface area contributed by atoms with Crippen molar-refractivity contribution in [1.29, 1.82) is 0 Å². The summed E-state index contributed by atoms with van der Waals surface area (Å²) in [5.74, 6) is 1.55. The van der Waals surface area contributed by atoms with Gasteiger partial charge in [-0.2, -0.15) is 0 Å². The molecule has 0 bridgehead atoms. The average Bonchev–Trinajstić information content (AvgIpc) is 3.52. The molecule has 10 nitrogen and oxygen atoms in total. The van der Waals surface area contributed by atoms with Crippen molar-refractivity contribution < 1.29 is 19.1 Å². The molecule has 188 valence electrons. The first-order valence-corrected chi connectivity index (χ1v) is 12.6. The Balaban J connectivity index is 1.21. The summed E-state index contributed by atoms with van der Waals surface area (Å²) >= 11 is 0. The molecule has 3 aliphatic heterocycles. The quantitative estimate of drug-likeness (QED) is 0.692. The number of nitrogens with zero attached hydrogens (tertiary/aromatic N) is 5. The minimum Gasteiger partial charge on any atom is -0.447 e. The highest BCUT2D eigenvalue weighted by Gasteiger charge is 2.32. The Hall–Kier alpha value is -3.82. The van der Waals surface area contributed by atoms with Crippen molar-refractivity contribution in [3.63, 3.8) is 0 Å². The van der Waals surface area contributed by atoms with Crippen LogP contribution in [0.1, 0.15) is 40.2 Å². The lowest BCUT2D eigenvalue weighted by atomic mass is 10.1. The fourth-order valence-electron chi connectivity index (χ4n) is 5.27. The molecule has 2 aromatic rings. The molecule has 0 radical (unpaired) electrons. The summed E-state index contributed by atoms with van der Waals surface area (Å²) < 4.78 is 5.06. The Kier molecular flexibility index (Phi) is 5.66. The van der Waals surface area contributed by atoms with Crippen LogP contribution in [-0.4, -0.2) is 80.3 Å². The van der Waals surface area contributed by atoms with Gasteiger partial charge >= 0.3 is 12.1 Å². The Morgan fingerprint density at radius 1 is 1.03 bits per heavy atom. The molecule has 0 unspecified atom stereocenters.